The van der Waals surface area contributed by atoms with Crippen molar-refractivity contribution in [1.82, 2.24) is 5.43 Å². The molecule has 0 radical (unpaired) electrons. The van der Waals surface area contributed by atoms with E-state index in [-0.39, 0.29) is 18.2 Å². The highest BCUT2D eigenvalue weighted by atomic mass is 79.9. The number of para-hydroxylation sites is 2. The number of carbonyl (C=O) groups excluding carboxylic acids is 3. The maximum atomic E-state index is 13.6. The lowest BCUT2D eigenvalue weighted by atomic mass is 10.2. The Morgan fingerprint density at radius 1 is 0.971 bits per heavy atom. The lowest BCUT2D eigenvalue weighted by Crippen LogP contribution is -2.32. The zero-order valence-corrected chi connectivity index (χ0v) is 19.6. The molecule has 8 nitrogen and oxygen atoms in total. The monoisotopic (exact) mass is 526 g/mol. The second-order valence-electron chi connectivity index (χ2n) is 6.97. The molecule has 174 valence electrons. The van der Waals surface area contributed by atoms with Gasteiger partial charge in [0.05, 0.1) is 11.9 Å². The van der Waals surface area contributed by atoms with Crippen LogP contribution in [0.4, 0.5) is 15.8 Å². The van der Waals surface area contributed by atoms with Crippen LogP contribution in [0.15, 0.2) is 76.3 Å². The van der Waals surface area contributed by atoms with Crippen LogP contribution in [0.3, 0.4) is 0 Å². The largest absolute Gasteiger partial charge is 0.483 e. The molecule has 0 aromatic heterocycles. The van der Waals surface area contributed by atoms with Crippen molar-refractivity contribution in [1.29, 1.82) is 0 Å². The summed E-state index contributed by atoms with van der Waals surface area (Å²) in [5.41, 5.74) is 3.98. The highest BCUT2D eigenvalue weighted by Gasteiger charge is 2.15. The first kappa shape index (κ1) is 24.6. The number of ether oxygens (including phenoxy) is 1. The van der Waals surface area contributed by atoms with Gasteiger partial charge in [0.15, 0.2) is 6.61 Å². The summed E-state index contributed by atoms with van der Waals surface area (Å²) in [5, 5.41) is 8.68. The Morgan fingerprint density at radius 3 is 2.41 bits per heavy atom. The molecule has 3 aromatic carbocycles. The molecule has 3 aromatic rings. The molecule has 0 spiro atoms. The van der Waals surface area contributed by atoms with E-state index in [0.717, 1.165) is 11.6 Å². The highest BCUT2D eigenvalue weighted by Crippen LogP contribution is 2.22. The van der Waals surface area contributed by atoms with Gasteiger partial charge >= 0.3 is 11.8 Å². The van der Waals surface area contributed by atoms with Crippen LogP contribution in [-0.2, 0) is 14.4 Å². The van der Waals surface area contributed by atoms with E-state index in [0.29, 0.717) is 21.5 Å². The van der Waals surface area contributed by atoms with Crippen molar-refractivity contribution in [3.8, 4) is 5.75 Å². The van der Waals surface area contributed by atoms with E-state index < -0.39 is 17.6 Å². The third-order valence-electron chi connectivity index (χ3n) is 4.45. The maximum Gasteiger partial charge on any atom is 0.329 e. The van der Waals surface area contributed by atoms with E-state index in [1.807, 2.05) is 25.1 Å². The Balaban J connectivity index is 1.59. The molecule has 0 atom stereocenters. The minimum absolute atomic E-state index is 0.127. The summed E-state index contributed by atoms with van der Waals surface area (Å²) in [6.07, 6.45) is 1.26. The minimum Gasteiger partial charge on any atom is -0.483 e. The number of hydrazone groups is 1. The van der Waals surface area contributed by atoms with Gasteiger partial charge in [0.1, 0.15) is 11.6 Å². The number of hydrogen-bond donors (Lipinski definition) is 3. The lowest BCUT2D eigenvalue weighted by Gasteiger charge is -2.11. The van der Waals surface area contributed by atoms with E-state index in [1.54, 1.807) is 24.3 Å². The molecule has 34 heavy (non-hydrogen) atoms. The predicted octanol–water partition coefficient (Wildman–Crippen LogP) is 4.00. The highest BCUT2D eigenvalue weighted by molar-refractivity contribution is 9.10. The Hall–Kier alpha value is -4.05. The molecule has 0 unspecified atom stereocenters. The number of carbonyl (C=O) groups is 3. The molecule has 10 heteroatoms. The minimum atomic E-state index is -1.09. The summed E-state index contributed by atoms with van der Waals surface area (Å²) in [4.78, 5) is 36.2. The van der Waals surface area contributed by atoms with Crippen LogP contribution in [0.5, 0.6) is 5.75 Å². The summed E-state index contributed by atoms with van der Waals surface area (Å²) in [6.45, 7) is 1.62. The van der Waals surface area contributed by atoms with Crippen LogP contribution in [0.25, 0.3) is 0 Å². The molecule has 0 bridgehead atoms. The Labute approximate surface area is 203 Å². The van der Waals surface area contributed by atoms with Crippen LogP contribution >= 0.6 is 15.9 Å². The van der Waals surface area contributed by atoms with Gasteiger partial charge in [0, 0.05) is 15.7 Å². The zero-order chi connectivity index (χ0) is 24.5. The second kappa shape index (κ2) is 11.7. The molecule has 3 rings (SSSR count). The van der Waals surface area contributed by atoms with Gasteiger partial charge in [-0.2, -0.15) is 5.10 Å². The Kier molecular flexibility index (Phi) is 8.47. The fourth-order valence-electron chi connectivity index (χ4n) is 2.75. The van der Waals surface area contributed by atoms with E-state index in [9.17, 15) is 18.8 Å². The van der Waals surface area contributed by atoms with Crippen LogP contribution in [0, 0.1) is 12.7 Å². The second-order valence-corrected chi connectivity index (χ2v) is 7.88. The van der Waals surface area contributed by atoms with E-state index in [1.165, 1.54) is 24.4 Å². The molecule has 0 fully saturated rings. The average Bonchev–Trinajstić information content (AvgIpc) is 2.81. The summed E-state index contributed by atoms with van der Waals surface area (Å²) in [6, 6.07) is 17.8. The van der Waals surface area contributed by atoms with Crippen molar-refractivity contribution in [2.45, 2.75) is 6.92 Å². The summed E-state index contributed by atoms with van der Waals surface area (Å²) < 4.78 is 19.9. The third kappa shape index (κ3) is 6.97. The molecule has 0 saturated carbocycles. The van der Waals surface area contributed by atoms with Crippen molar-refractivity contribution in [3.63, 3.8) is 0 Å². The van der Waals surface area contributed by atoms with Crippen molar-refractivity contribution < 1.29 is 23.5 Å². The molecule has 0 heterocycles. The number of hydrogen-bond acceptors (Lipinski definition) is 5. The van der Waals surface area contributed by atoms with Gasteiger partial charge in [0.2, 0.25) is 0 Å². The van der Waals surface area contributed by atoms with Gasteiger partial charge in [-0.1, -0.05) is 46.3 Å². The third-order valence-corrected chi connectivity index (χ3v) is 4.94. The van der Waals surface area contributed by atoms with Crippen LogP contribution in [-0.4, -0.2) is 30.5 Å². The molecule has 0 aliphatic carbocycles. The zero-order valence-electron chi connectivity index (χ0n) is 18.0. The van der Waals surface area contributed by atoms with Gasteiger partial charge in [-0.05, 0) is 48.9 Å². The summed E-state index contributed by atoms with van der Waals surface area (Å²) in [5.74, 6) is -2.86. The first-order chi connectivity index (χ1) is 16.3. The molecular weight excluding hydrogens is 507 g/mol. The number of rotatable bonds is 7. The molecule has 3 N–H and O–H groups in total. The van der Waals surface area contributed by atoms with Crippen LogP contribution < -0.4 is 20.8 Å². The molecular formula is C24H20BrFN4O4. The first-order valence-electron chi connectivity index (χ1n) is 10.00. The number of benzene rings is 3. The average molecular weight is 527 g/mol. The fraction of sp³-hybridized carbons (Fsp3) is 0.0833. The van der Waals surface area contributed by atoms with Crippen molar-refractivity contribution >= 4 is 51.2 Å². The van der Waals surface area contributed by atoms with Gasteiger partial charge in [-0.25, -0.2) is 9.82 Å². The topological polar surface area (TPSA) is 109 Å². The van der Waals surface area contributed by atoms with Crippen LogP contribution in [0.1, 0.15) is 11.1 Å². The maximum absolute atomic E-state index is 13.6. The molecule has 3 amide bonds. The number of nitrogens with one attached hydrogen (secondary N) is 3. The van der Waals surface area contributed by atoms with Gasteiger partial charge < -0.3 is 15.4 Å². The van der Waals surface area contributed by atoms with E-state index >= 15 is 0 Å². The number of halogens is 2. The normalized spacial score (nSPS) is 10.6. The first-order valence-corrected chi connectivity index (χ1v) is 10.8. The molecule has 0 saturated heterocycles. The van der Waals surface area contributed by atoms with Crippen LogP contribution in [0.2, 0.25) is 0 Å². The van der Waals surface area contributed by atoms with Crippen molar-refractivity contribution in [2.75, 3.05) is 17.2 Å². The van der Waals surface area contributed by atoms with E-state index in [2.05, 4.69) is 37.1 Å². The van der Waals surface area contributed by atoms with Gasteiger partial charge in [0.25, 0.3) is 5.91 Å². The fourth-order valence-corrected chi connectivity index (χ4v) is 3.13. The Morgan fingerprint density at radius 2 is 1.68 bits per heavy atom. The lowest BCUT2D eigenvalue weighted by molar-refractivity contribution is -0.136. The van der Waals surface area contributed by atoms with Crippen molar-refractivity contribution in [2.24, 2.45) is 5.10 Å². The number of amides is 3. The predicted molar refractivity (Wildman–Crippen MR) is 130 cm³/mol. The van der Waals surface area contributed by atoms with E-state index in [4.69, 9.17) is 4.74 Å². The van der Waals surface area contributed by atoms with Crippen molar-refractivity contribution in [3.05, 3.63) is 88.1 Å². The number of anilines is 2. The smallest absolute Gasteiger partial charge is 0.329 e. The van der Waals surface area contributed by atoms with Gasteiger partial charge in [-0.15, -0.1) is 0 Å². The molecule has 0 aliphatic heterocycles. The van der Waals surface area contributed by atoms with Gasteiger partial charge in [-0.3, -0.25) is 14.4 Å². The SMILES string of the molecule is Cc1ccccc1NC(=O)COc1ccc(Br)cc1/C=N\NC(=O)C(=O)Nc1ccccc1F. The standard InChI is InChI=1S/C24H20BrFN4O4/c1-15-6-2-4-8-19(15)28-22(31)14-34-21-11-10-17(25)12-16(21)13-27-30-24(33)23(32)29-20-9-5-3-7-18(20)26/h2-13H,14H2,1H3,(H,28,31)(H,29,32)(H,30,33)/b27-13-. The number of aryl methyl sites for hydroxylation is 1. The number of nitrogens with zero attached hydrogens (tertiary/aromatic N) is 1. The quantitative estimate of drug-likeness (QED) is 0.245. The summed E-state index contributed by atoms with van der Waals surface area (Å²) >= 11 is 3.33. The Bertz CT molecular complexity index is 1250. The molecule has 0 aliphatic rings. The summed E-state index contributed by atoms with van der Waals surface area (Å²) in [7, 11) is 0.